The first-order valence-corrected chi connectivity index (χ1v) is 7.82. The molecule has 0 aliphatic rings. The third kappa shape index (κ3) is 3.08. The van der Waals surface area contributed by atoms with Crippen molar-refractivity contribution in [2.75, 3.05) is 0 Å². The molecule has 0 aromatic heterocycles. The van der Waals surface area contributed by atoms with Gasteiger partial charge in [-0.2, -0.15) is 0 Å². The number of hydrogen-bond donors (Lipinski definition) is 2. The molecule has 0 saturated heterocycles. The van der Waals surface area contributed by atoms with Gasteiger partial charge in [-0.3, -0.25) is 0 Å². The molecule has 0 radical (unpaired) electrons. The van der Waals surface area contributed by atoms with E-state index in [0.29, 0.717) is 11.4 Å². The fraction of sp³-hybridized carbons (Fsp3) is 0.200. The summed E-state index contributed by atoms with van der Waals surface area (Å²) >= 11 is 0. The van der Waals surface area contributed by atoms with Crippen LogP contribution in [0.4, 0.5) is 11.4 Å². The first-order chi connectivity index (χ1) is 11.4. The number of phenolic OH excluding ortho intramolecular Hbond substituents is 2. The Balaban J connectivity index is 2.08. The van der Waals surface area contributed by atoms with E-state index in [-0.39, 0.29) is 16.9 Å². The van der Waals surface area contributed by atoms with Crippen LogP contribution >= 0.6 is 0 Å². The fourth-order valence-electron chi connectivity index (χ4n) is 2.52. The molecule has 4 heteroatoms. The minimum atomic E-state index is -0.0560. The van der Waals surface area contributed by atoms with Gasteiger partial charge in [0.2, 0.25) is 0 Å². The van der Waals surface area contributed by atoms with Crippen LogP contribution in [0.3, 0.4) is 0 Å². The lowest BCUT2D eigenvalue weighted by molar-refractivity contribution is 0.473. The lowest BCUT2D eigenvalue weighted by atomic mass is 9.87. The normalized spacial score (nSPS) is 12.1. The van der Waals surface area contributed by atoms with E-state index in [4.69, 9.17) is 0 Å². The highest BCUT2D eigenvalue weighted by atomic mass is 16.3. The zero-order valence-corrected chi connectivity index (χ0v) is 14.0. The molecule has 0 unspecified atom stereocenters. The van der Waals surface area contributed by atoms with Crippen molar-refractivity contribution in [3.05, 3.63) is 60.2 Å². The van der Waals surface area contributed by atoms with Crippen molar-refractivity contribution in [2.24, 2.45) is 10.2 Å². The minimum absolute atomic E-state index is 0.0560. The van der Waals surface area contributed by atoms with Gasteiger partial charge in [-0.15, -0.1) is 10.2 Å². The topological polar surface area (TPSA) is 65.2 Å². The van der Waals surface area contributed by atoms with Gasteiger partial charge in [-0.25, -0.2) is 0 Å². The van der Waals surface area contributed by atoms with Crippen LogP contribution in [0.5, 0.6) is 11.5 Å². The van der Waals surface area contributed by atoms with Crippen LogP contribution in [0.1, 0.15) is 26.3 Å². The summed E-state index contributed by atoms with van der Waals surface area (Å²) in [6, 6.07) is 16.4. The van der Waals surface area contributed by atoms with Crippen LogP contribution in [-0.4, -0.2) is 10.2 Å². The van der Waals surface area contributed by atoms with Gasteiger partial charge in [-0.1, -0.05) is 57.2 Å². The summed E-state index contributed by atoms with van der Waals surface area (Å²) in [5, 5.41) is 30.3. The molecule has 0 amide bonds. The Morgan fingerprint density at radius 3 is 2.25 bits per heavy atom. The SMILES string of the molecule is CC(C)(C)c1ccc(O)c(N=Nc2c(O)ccc3ccccc23)c1. The van der Waals surface area contributed by atoms with Crippen molar-refractivity contribution in [3.8, 4) is 11.5 Å². The summed E-state index contributed by atoms with van der Waals surface area (Å²) in [6.45, 7) is 6.28. The van der Waals surface area contributed by atoms with Gasteiger partial charge in [0, 0.05) is 5.39 Å². The molecule has 2 N–H and O–H groups in total. The Morgan fingerprint density at radius 1 is 0.792 bits per heavy atom. The van der Waals surface area contributed by atoms with Gasteiger partial charge in [0.1, 0.15) is 22.9 Å². The number of rotatable bonds is 2. The zero-order chi connectivity index (χ0) is 17.3. The van der Waals surface area contributed by atoms with Crippen molar-refractivity contribution in [1.82, 2.24) is 0 Å². The molecule has 0 aliphatic heterocycles. The summed E-state index contributed by atoms with van der Waals surface area (Å²) in [5.74, 6) is 0.121. The molecule has 3 aromatic carbocycles. The van der Waals surface area contributed by atoms with Gasteiger partial charge in [0.15, 0.2) is 0 Å². The molecule has 0 aliphatic carbocycles. The molecule has 0 fully saturated rings. The molecular weight excluding hydrogens is 300 g/mol. The highest BCUT2D eigenvalue weighted by molar-refractivity contribution is 5.95. The van der Waals surface area contributed by atoms with Crippen LogP contribution in [0, 0.1) is 0 Å². The average molecular weight is 320 g/mol. The summed E-state index contributed by atoms with van der Waals surface area (Å²) in [5.41, 5.74) is 1.78. The van der Waals surface area contributed by atoms with Crippen LogP contribution in [0.2, 0.25) is 0 Å². The maximum Gasteiger partial charge on any atom is 0.143 e. The first-order valence-electron chi connectivity index (χ1n) is 7.82. The Morgan fingerprint density at radius 2 is 1.50 bits per heavy atom. The highest BCUT2D eigenvalue weighted by Gasteiger charge is 2.15. The zero-order valence-electron chi connectivity index (χ0n) is 14.0. The lowest BCUT2D eigenvalue weighted by Gasteiger charge is -2.19. The monoisotopic (exact) mass is 320 g/mol. The second kappa shape index (κ2) is 5.96. The number of fused-ring (bicyclic) bond motifs is 1. The van der Waals surface area contributed by atoms with Gasteiger partial charge >= 0.3 is 0 Å². The van der Waals surface area contributed by atoms with Gasteiger partial charge in [0.05, 0.1) is 0 Å². The predicted octanol–water partition coefficient (Wildman–Crippen LogP) is 5.96. The molecular formula is C20H20N2O2. The number of aromatic hydroxyl groups is 2. The molecule has 0 bridgehead atoms. The van der Waals surface area contributed by atoms with E-state index < -0.39 is 0 Å². The predicted molar refractivity (Wildman–Crippen MR) is 96.6 cm³/mol. The summed E-state index contributed by atoms with van der Waals surface area (Å²) in [7, 11) is 0. The van der Waals surface area contributed by atoms with Crippen LogP contribution in [0.15, 0.2) is 64.8 Å². The number of azo groups is 1. The van der Waals surface area contributed by atoms with E-state index in [0.717, 1.165) is 16.3 Å². The van der Waals surface area contributed by atoms with Gasteiger partial charge < -0.3 is 10.2 Å². The molecule has 3 rings (SSSR count). The molecule has 0 atom stereocenters. The molecule has 24 heavy (non-hydrogen) atoms. The van der Waals surface area contributed by atoms with Crippen LogP contribution in [-0.2, 0) is 5.41 Å². The summed E-state index contributed by atoms with van der Waals surface area (Å²) in [6.07, 6.45) is 0. The second-order valence-electron chi connectivity index (χ2n) is 6.81. The van der Waals surface area contributed by atoms with Crippen LogP contribution < -0.4 is 0 Å². The van der Waals surface area contributed by atoms with E-state index in [1.807, 2.05) is 42.5 Å². The van der Waals surface area contributed by atoms with Gasteiger partial charge in [-0.05, 0) is 34.6 Å². The molecule has 122 valence electrons. The van der Waals surface area contributed by atoms with E-state index in [1.165, 1.54) is 0 Å². The third-order valence-electron chi connectivity index (χ3n) is 3.98. The Bertz CT molecular complexity index is 925. The molecule has 3 aromatic rings. The van der Waals surface area contributed by atoms with E-state index in [2.05, 4.69) is 31.0 Å². The Kier molecular flexibility index (Phi) is 3.97. The highest BCUT2D eigenvalue weighted by Crippen LogP contribution is 2.38. The maximum absolute atomic E-state index is 10.1. The van der Waals surface area contributed by atoms with E-state index in [1.54, 1.807) is 12.1 Å². The lowest BCUT2D eigenvalue weighted by Crippen LogP contribution is -2.10. The van der Waals surface area contributed by atoms with Gasteiger partial charge in [0.25, 0.3) is 0 Å². The third-order valence-corrected chi connectivity index (χ3v) is 3.98. The Labute approximate surface area is 141 Å². The van der Waals surface area contributed by atoms with Crippen molar-refractivity contribution >= 4 is 22.1 Å². The fourth-order valence-corrected chi connectivity index (χ4v) is 2.52. The summed E-state index contributed by atoms with van der Waals surface area (Å²) < 4.78 is 0. The average Bonchev–Trinajstić information content (AvgIpc) is 2.54. The van der Waals surface area contributed by atoms with Crippen molar-refractivity contribution in [2.45, 2.75) is 26.2 Å². The number of nitrogens with zero attached hydrogens (tertiary/aromatic N) is 2. The molecule has 0 spiro atoms. The minimum Gasteiger partial charge on any atom is -0.506 e. The van der Waals surface area contributed by atoms with E-state index in [9.17, 15) is 10.2 Å². The quantitative estimate of drug-likeness (QED) is 0.572. The molecule has 0 heterocycles. The number of hydrogen-bond acceptors (Lipinski definition) is 4. The maximum atomic E-state index is 10.1. The second-order valence-corrected chi connectivity index (χ2v) is 6.81. The summed E-state index contributed by atoms with van der Waals surface area (Å²) in [4.78, 5) is 0. The Hall–Kier alpha value is -2.88. The molecule has 0 saturated carbocycles. The van der Waals surface area contributed by atoms with Crippen molar-refractivity contribution < 1.29 is 10.2 Å². The van der Waals surface area contributed by atoms with Crippen molar-refractivity contribution in [1.29, 1.82) is 0 Å². The van der Waals surface area contributed by atoms with E-state index >= 15 is 0 Å². The first kappa shape index (κ1) is 16.0. The number of phenols is 2. The molecule has 4 nitrogen and oxygen atoms in total. The standard InChI is InChI=1S/C20H20N2O2/c1-20(2,3)14-9-11-17(23)16(12-14)21-22-19-15-7-5-4-6-13(15)8-10-18(19)24/h4-12,23-24H,1-3H3. The number of benzene rings is 3. The smallest absolute Gasteiger partial charge is 0.143 e. The van der Waals surface area contributed by atoms with Crippen molar-refractivity contribution in [3.63, 3.8) is 0 Å². The largest absolute Gasteiger partial charge is 0.506 e. The van der Waals surface area contributed by atoms with Crippen LogP contribution in [0.25, 0.3) is 10.8 Å².